The van der Waals surface area contributed by atoms with E-state index >= 15 is 0 Å². The van der Waals surface area contributed by atoms with Crippen LogP contribution in [0.15, 0.2) is 18.2 Å². The molecule has 0 bridgehead atoms. The minimum Gasteiger partial charge on any atom is -0.340 e. The summed E-state index contributed by atoms with van der Waals surface area (Å²) in [5.41, 5.74) is 6.98. The standard InChI is InChI=1S/C22H27N5O/c1-14-8-9-18-19(13-14)24-22(23-18)20-7-4-12-27(20)21(28)11-10-17-15-5-2-3-6-16(15)25-26-17/h8-9,13,20H,2-7,10-12H2,1H3,(H,23,24)(H,25,26)/t20-/m1/s1. The molecule has 1 aromatic carbocycles. The van der Waals surface area contributed by atoms with Crippen molar-refractivity contribution in [3.8, 4) is 0 Å². The molecule has 3 heterocycles. The van der Waals surface area contributed by atoms with Crippen molar-refractivity contribution in [3.63, 3.8) is 0 Å². The molecule has 146 valence electrons. The highest BCUT2D eigenvalue weighted by Gasteiger charge is 2.32. The molecule has 0 unspecified atom stereocenters. The van der Waals surface area contributed by atoms with Gasteiger partial charge in [0.15, 0.2) is 0 Å². The number of nitrogens with zero attached hydrogens (tertiary/aromatic N) is 3. The van der Waals surface area contributed by atoms with Crippen molar-refractivity contribution in [2.45, 2.75) is 64.3 Å². The Kier molecular flexibility index (Phi) is 4.41. The molecular formula is C22H27N5O. The maximum Gasteiger partial charge on any atom is 0.223 e. The first-order valence-corrected chi connectivity index (χ1v) is 10.5. The molecule has 1 saturated heterocycles. The number of H-pyrrole nitrogens is 2. The van der Waals surface area contributed by atoms with Gasteiger partial charge in [-0.05, 0) is 68.7 Å². The summed E-state index contributed by atoms with van der Waals surface area (Å²) in [6.45, 7) is 2.90. The van der Waals surface area contributed by atoms with Gasteiger partial charge in [-0.2, -0.15) is 5.10 Å². The fraction of sp³-hybridized carbons (Fsp3) is 0.500. The predicted octanol–water partition coefficient (Wildman–Crippen LogP) is 3.77. The lowest BCUT2D eigenvalue weighted by molar-refractivity contribution is -0.132. The normalized spacial score (nSPS) is 19.3. The Balaban J connectivity index is 1.30. The van der Waals surface area contributed by atoms with Gasteiger partial charge in [0.05, 0.1) is 22.8 Å². The summed E-state index contributed by atoms with van der Waals surface area (Å²) >= 11 is 0. The first-order valence-electron chi connectivity index (χ1n) is 10.5. The SMILES string of the molecule is Cc1ccc2nc([C@H]3CCCN3C(=O)CCc3n[nH]c4c3CCCC4)[nH]c2c1. The van der Waals surface area contributed by atoms with Crippen molar-refractivity contribution >= 4 is 16.9 Å². The highest BCUT2D eigenvalue weighted by molar-refractivity contribution is 5.78. The number of amides is 1. The monoisotopic (exact) mass is 377 g/mol. The van der Waals surface area contributed by atoms with Gasteiger partial charge in [-0.25, -0.2) is 4.98 Å². The van der Waals surface area contributed by atoms with Crippen LogP contribution in [0.1, 0.15) is 66.5 Å². The molecule has 6 nitrogen and oxygen atoms in total. The van der Waals surface area contributed by atoms with E-state index in [1.54, 1.807) is 0 Å². The number of carbonyl (C=O) groups is 1. The largest absolute Gasteiger partial charge is 0.340 e. The molecule has 1 fully saturated rings. The Hall–Kier alpha value is -2.63. The maximum atomic E-state index is 13.0. The summed E-state index contributed by atoms with van der Waals surface area (Å²) in [4.78, 5) is 23.2. The third-order valence-electron chi connectivity index (χ3n) is 6.26. The van der Waals surface area contributed by atoms with E-state index in [9.17, 15) is 4.79 Å². The predicted molar refractivity (Wildman–Crippen MR) is 108 cm³/mol. The summed E-state index contributed by atoms with van der Waals surface area (Å²) in [6, 6.07) is 6.31. The van der Waals surface area contributed by atoms with Crippen LogP contribution in [0.5, 0.6) is 0 Å². The van der Waals surface area contributed by atoms with Gasteiger partial charge in [-0.15, -0.1) is 0 Å². The Labute approximate surface area is 164 Å². The van der Waals surface area contributed by atoms with Crippen LogP contribution in [0.3, 0.4) is 0 Å². The van der Waals surface area contributed by atoms with Gasteiger partial charge in [0.2, 0.25) is 5.91 Å². The van der Waals surface area contributed by atoms with E-state index in [0.717, 1.165) is 61.2 Å². The fourth-order valence-electron chi connectivity index (χ4n) is 4.78. The number of imidazole rings is 1. The van der Waals surface area contributed by atoms with Crippen molar-refractivity contribution in [2.24, 2.45) is 0 Å². The first kappa shape index (κ1) is 17.5. The highest BCUT2D eigenvalue weighted by Crippen LogP contribution is 2.32. The number of nitrogens with one attached hydrogen (secondary N) is 2. The van der Waals surface area contributed by atoms with Crippen LogP contribution in [0.4, 0.5) is 0 Å². The molecule has 6 heteroatoms. The van der Waals surface area contributed by atoms with Gasteiger partial charge in [0.25, 0.3) is 0 Å². The molecule has 2 N–H and O–H groups in total. The van der Waals surface area contributed by atoms with Crippen LogP contribution in [0.2, 0.25) is 0 Å². The number of rotatable bonds is 4. The molecule has 3 aromatic rings. The smallest absolute Gasteiger partial charge is 0.223 e. The summed E-state index contributed by atoms with van der Waals surface area (Å²) in [6.07, 6.45) is 7.91. The molecule has 1 aliphatic heterocycles. The van der Waals surface area contributed by atoms with Crippen molar-refractivity contribution in [1.29, 1.82) is 0 Å². The van der Waals surface area contributed by atoms with E-state index in [-0.39, 0.29) is 11.9 Å². The van der Waals surface area contributed by atoms with Gasteiger partial charge >= 0.3 is 0 Å². The number of hydrogen-bond donors (Lipinski definition) is 2. The zero-order valence-electron chi connectivity index (χ0n) is 16.4. The second kappa shape index (κ2) is 7.08. The molecule has 2 aliphatic rings. The lowest BCUT2D eigenvalue weighted by atomic mass is 9.94. The Morgan fingerprint density at radius 2 is 2.14 bits per heavy atom. The number of benzene rings is 1. The van der Waals surface area contributed by atoms with Crippen LogP contribution in [0.25, 0.3) is 11.0 Å². The van der Waals surface area contributed by atoms with Gasteiger partial charge < -0.3 is 9.88 Å². The molecule has 5 rings (SSSR count). The topological polar surface area (TPSA) is 77.7 Å². The Morgan fingerprint density at radius 1 is 1.25 bits per heavy atom. The highest BCUT2D eigenvalue weighted by atomic mass is 16.2. The van der Waals surface area contributed by atoms with Crippen molar-refractivity contribution in [2.75, 3.05) is 6.54 Å². The molecule has 1 aliphatic carbocycles. The molecule has 2 aromatic heterocycles. The first-order chi connectivity index (χ1) is 13.7. The average molecular weight is 377 g/mol. The zero-order valence-corrected chi connectivity index (χ0v) is 16.4. The quantitative estimate of drug-likeness (QED) is 0.726. The molecule has 0 radical (unpaired) electrons. The average Bonchev–Trinajstić information content (AvgIpc) is 3.43. The number of aryl methyl sites for hydroxylation is 3. The third-order valence-corrected chi connectivity index (χ3v) is 6.26. The van der Waals surface area contributed by atoms with Crippen LogP contribution in [-0.2, 0) is 24.1 Å². The van der Waals surface area contributed by atoms with E-state index in [2.05, 4.69) is 34.2 Å². The van der Waals surface area contributed by atoms with Crippen LogP contribution >= 0.6 is 0 Å². The molecular weight excluding hydrogens is 350 g/mol. The van der Waals surface area contributed by atoms with Crippen molar-refractivity contribution in [1.82, 2.24) is 25.1 Å². The molecule has 1 amide bonds. The van der Waals surface area contributed by atoms with Gasteiger partial charge in [0, 0.05) is 25.1 Å². The summed E-state index contributed by atoms with van der Waals surface area (Å²) in [7, 11) is 0. The van der Waals surface area contributed by atoms with Gasteiger partial charge in [0.1, 0.15) is 5.82 Å². The van der Waals surface area contributed by atoms with Crippen LogP contribution < -0.4 is 0 Å². The second-order valence-electron chi connectivity index (χ2n) is 8.22. The summed E-state index contributed by atoms with van der Waals surface area (Å²) < 4.78 is 0. The maximum absolute atomic E-state index is 13.0. The number of aromatic nitrogens is 4. The van der Waals surface area contributed by atoms with E-state index < -0.39 is 0 Å². The summed E-state index contributed by atoms with van der Waals surface area (Å²) in [5, 5.41) is 7.68. The second-order valence-corrected chi connectivity index (χ2v) is 8.22. The number of hydrogen-bond acceptors (Lipinski definition) is 3. The van der Waals surface area contributed by atoms with Crippen LogP contribution in [-0.4, -0.2) is 37.5 Å². The molecule has 1 atom stereocenters. The molecule has 28 heavy (non-hydrogen) atoms. The zero-order chi connectivity index (χ0) is 19.1. The lowest BCUT2D eigenvalue weighted by Gasteiger charge is -2.23. The van der Waals surface area contributed by atoms with E-state index in [1.807, 2.05) is 11.0 Å². The third kappa shape index (κ3) is 3.11. The minimum absolute atomic E-state index is 0.0632. The number of fused-ring (bicyclic) bond motifs is 2. The number of aromatic amines is 2. The number of carbonyl (C=O) groups excluding carboxylic acids is 1. The minimum atomic E-state index is 0.0632. The Morgan fingerprint density at radius 3 is 3.07 bits per heavy atom. The van der Waals surface area contributed by atoms with Crippen molar-refractivity contribution < 1.29 is 4.79 Å². The van der Waals surface area contributed by atoms with Crippen molar-refractivity contribution in [3.05, 3.63) is 46.5 Å². The molecule has 0 saturated carbocycles. The summed E-state index contributed by atoms with van der Waals surface area (Å²) in [5.74, 6) is 1.13. The molecule has 0 spiro atoms. The van der Waals surface area contributed by atoms with E-state index in [0.29, 0.717) is 6.42 Å². The Bertz CT molecular complexity index is 1020. The fourth-order valence-corrected chi connectivity index (χ4v) is 4.78. The van der Waals surface area contributed by atoms with E-state index in [1.165, 1.54) is 29.7 Å². The van der Waals surface area contributed by atoms with Gasteiger partial charge in [-0.1, -0.05) is 6.07 Å². The van der Waals surface area contributed by atoms with Gasteiger partial charge in [-0.3, -0.25) is 9.89 Å². The van der Waals surface area contributed by atoms with E-state index in [4.69, 9.17) is 4.98 Å². The number of likely N-dealkylation sites (tertiary alicyclic amines) is 1. The van der Waals surface area contributed by atoms with Crippen LogP contribution in [0, 0.1) is 6.92 Å². The lowest BCUT2D eigenvalue weighted by Crippen LogP contribution is -2.31.